The van der Waals surface area contributed by atoms with Gasteiger partial charge in [0.1, 0.15) is 11.5 Å². The van der Waals surface area contributed by atoms with E-state index in [0.717, 1.165) is 26.9 Å². The van der Waals surface area contributed by atoms with E-state index in [-0.39, 0.29) is 27.9 Å². The molecule has 0 fully saturated rings. The molecule has 2 aromatic carbocycles. The van der Waals surface area contributed by atoms with E-state index in [9.17, 15) is 9.90 Å². The number of rotatable bonds is 6. The smallest absolute Gasteiger partial charge is 0.265 e. The van der Waals surface area contributed by atoms with E-state index in [1.807, 2.05) is 25.1 Å². The van der Waals surface area contributed by atoms with Crippen LogP contribution in [0.3, 0.4) is 0 Å². The number of ether oxygens (including phenoxy) is 1. The maximum atomic E-state index is 13.3. The van der Waals surface area contributed by atoms with Gasteiger partial charge in [-0.2, -0.15) is 0 Å². The molecular weight excluding hydrogens is 537 g/mol. The zero-order valence-corrected chi connectivity index (χ0v) is 24.7. The molecule has 1 unspecified atom stereocenters. The normalized spacial score (nSPS) is 13.5. The molecule has 0 aliphatic carbocycles. The van der Waals surface area contributed by atoms with Crippen LogP contribution in [-0.2, 0) is 25.5 Å². The van der Waals surface area contributed by atoms with Gasteiger partial charge in [-0.3, -0.25) is 4.79 Å². The average molecular weight is 580 g/mol. The van der Waals surface area contributed by atoms with Crippen LogP contribution in [0.5, 0.6) is 11.5 Å². The molecule has 0 spiro atoms. The Morgan fingerprint density at radius 1 is 0.941 bits per heavy atom. The van der Waals surface area contributed by atoms with Gasteiger partial charge in [-0.1, -0.05) is 110 Å². The number of anilines is 1. The molecule has 0 heterocycles. The number of hydrogen-bond donors (Lipinski definition) is 2. The predicted molar refractivity (Wildman–Crippen MR) is 152 cm³/mol. The van der Waals surface area contributed by atoms with Crippen molar-refractivity contribution >= 4 is 34.2 Å². The van der Waals surface area contributed by atoms with Crippen LogP contribution in [-0.4, -0.2) is 17.1 Å². The van der Waals surface area contributed by atoms with Crippen LogP contribution in [0, 0.1) is 0 Å². The SMILES string of the molecule is CCC(Oc1ccc(C(C)(C)C)cc1C(C)(C)C)C(=O)Nc1cc(CI)cc(C(C)(C)C)c1O. The lowest BCUT2D eigenvalue weighted by atomic mass is 9.80. The Morgan fingerprint density at radius 3 is 2.00 bits per heavy atom. The highest BCUT2D eigenvalue weighted by Crippen LogP contribution is 2.39. The Morgan fingerprint density at radius 2 is 1.53 bits per heavy atom. The number of hydrogen-bond acceptors (Lipinski definition) is 3. The lowest BCUT2D eigenvalue weighted by molar-refractivity contribution is -0.122. The van der Waals surface area contributed by atoms with Gasteiger partial charge >= 0.3 is 0 Å². The number of halogens is 1. The number of carbonyl (C=O) groups excluding carboxylic acids is 1. The number of carbonyl (C=O) groups is 1. The van der Waals surface area contributed by atoms with Gasteiger partial charge in [0.2, 0.25) is 0 Å². The average Bonchev–Trinajstić information content (AvgIpc) is 2.70. The first kappa shape index (κ1) is 28.5. The molecule has 0 radical (unpaired) electrons. The topological polar surface area (TPSA) is 58.6 Å². The molecule has 0 saturated heterocycles. The third-order valence-corrected chi connectivity index (χ3v) is 6.86. The molecule has 0 aliphatic rings. The van der Waals surface area contributed by atoms with Gasteiger partial charge in [0.15, 0.2) is 6.10 Å². The molecule has 0 bridgehead atoms. The summed E-state index contributed by atoms with van der Waals surface area (Å²) < 4.78 is 7.11. The minimum atomic E-state index is -0.678. The zero-order chi connectivity index (χ0) is 26.1. The van der Waals surface area contributed by atoms with E-state index < -0.39 is 6.10 Å². The van der Waals surface area contributed by atoms with Crippen LogP contribution in [0.25, 0.3) is 0 Å². The second kappa shape index (κ2) is 10.5. The van der Waals surface area contributed by atoms with E-state index in [2.05, 4.69) is 102 Å². The van der Waals surface area contributed by atoms with Gasteiger partial charge < -0.3 is 15.2 Å². The molecule has 2 aromatic rings. The Kier molecular flexibility index (Phi) is 8.77. The fraction of sp³-hybridized carbons (Fsp3) is 0.552. The molecule has 5 heteroatoms. The second-order valence-corrected chi connectivity index (χ2v) is 12.9. The fourth-order valence-corrected chi connectivity index (χ4v) is 4.25. The summed E-state index contributed by atoms with van der Waals surface area (Å²) in [5.41, 5.74) is 4.26. The summed E-state index contributed by atoms with van der Waals surface area (Å²) in [7, 11) is 0. The number of benzene rings is 2. The predicted octanol–water partition coefficient (Wildman–Crippen LogP) is 8.02. The van der Waals surface area contributed by atoms with Crippen LogP contribution in [0.2, 0.25) is 0 Å². The highest BCUT2D eigenvalue weighted by molar-refractivity contribution is 14.1. The summed E-state index contributed by atoms with van der Waals surface area (Å²) in [6.07, 6.45) is -0.169. The fourth-order valence-electron chi connectivity index (χ4n) is 3.81. The highest BCUT2D eigenvalue weighted by atomic mass is 127. The number of nitrogens with one attached hydrogen (secondary N) is 1. The Hall–Kier alpha value is -1.76. The van der Waals surface area contributed by atoms with E-state index in [1.54, 1.807) is 0 Å². The Bertz CT molecular complexity index is 1020. The van der Waals surface area contributed by atoms with Crippen molar-refractivity contribution in [3.05, 3.63) is 52.6 Å². The van der Waals surface area contributed by atoms with Crippen molar-refractivity contribution in [2.45, 2.75) is 102 Å². The van der Waals surface area contributed by atoms with Crippen molar-refractivity contribution in [3.8, 4) is 11.5 Å². The van der Waals surface area contributed by atoms with Gasteiger partial charge in [-0.05, 0) is 51.5 Å². The van der Waals surface area contributed by atoms with Gasteiger partial charge in [0.05, 0.1) is 5.69 Å². The summed E-state index contributed by atoms with van der Waals surface area (Å²) in [5, 5.41) is 13.9. The monoisotopic (exact) mass is 579 g/mol. The third kappa shape index (κ3) is 6.89. The molecule has 4 nitrogen and oxygen atoms in total. The number of aromatic hydroxyl groups is 1. The van der Waals surface area contributed by atoms with Gasteiger partial charge in [-0.15, -0.1) is 0 Å². The quantitative estimate of drug-likeness (QED) is 0.207. The first-order valence-electron chi connectivity index (χ1n) is 12.0. The minimum Gasteiger partial charge on any atom is -0.505 e. The molecular formula is C29H42INO3. The van der Waals surface area contributed by atoms with Crippen molar-refractivity contribution in [2.75, 3.05) is 5.32 Å². The van der Waals surface area contributed by atoms with E-state index >= 15 is 0 Å². The molecule has 34 heavy (non-hydrogen) atoms. The maximum Gasteiger partial charge on any atom is 0.265 e. The van der Waals surface area contributed by atoms with Crippen molar-refractivity contribution in [1.82, 2.24) is 0 Å². The number of amides is 1. The molecule has 2 rings (SSSR count). The Labute approximate surface area is 220 Å². The number of phenolic OH excluding ortho intramolecular Hbond substituents is 1. The molecule has 188 valence electrons. The second-order valence-electron chi connectivity index (χ2n) is 12.1. The summed E-state index contributed by atoms with van der Waals surface area (Å²) >= 11 is 2.30. The van der Waals surface area contributed by atoms with Crippen LogP contribution in [0.1, 0.15) is 97.9 Å². The van der Waals surface area contributed by atoms with Crippen molar-refractivity contribution < 1.29 is 14.6 Å². The summed E-state index contributed by atoms with van der Waals surface area (Å²) in [4.78, 5) is 13.3. The van der Waals surface area contributed by atoms with E-state index in [1.165, 1.54) is 5.56 Å². The minimum absolute atomic E-state index is 0.0199. The number of phenols is 1. The largest absolute Gasteiger partial charge is 0.505 e. The van der Waals surface area contributed by atoms with E-state index in [0.29, 0.717) is 12.1 Å². The van der Waals surface area contributed by atoms with Crippen LogP contribution < -0.4 is 10.1 Å². The van der Waals surface area contributed by atoms with Crippen molar-refractivity contribution in [1.29, 1.82) is 0 Å². The third-order valence-electron chi connectivity index (χ3n) is 5.98. The molecule has 0 saturated carbocycles. The molecule has 2 N–H and O–H groups in total. The lowest BCUT2D eigenvalue weighted by Gasteiger charge is -2.29. The zero-order valence-electron chi connectivity index (χ0n) is 22.5. The van der Waals surface area contributed by atoms with Gasteiger partial charge in [0.25, 0.3) is 5.91 Å². The summed E-state index contributed by atoms with van der Waals surface area (Å²) in [6.45, 7) is 21.2. The number of alkyl halides is 1. The summed E-state index contributed by atoms with van der Waals surface area (Å²) in [5.74, 6) is 0.584. The molecule has 0 aliphatic heterocycles. The van der Waals surface area contributed by atoms with Crippen LogP contribution >= 0.6 is 22.6 Å². The lowest BCUT2D eigenvalue weighted by Crippen LogP contribution is -2.33. The van der Waals surface area contributed by atoms with Crippen LogP contribution in [0.15, 0.2) is 30.3 Å². The molecule has 0 aromatic heterocycles. The maximum absolute atomic E-state index is 13.3. The summed E-state index contributed by atoms with van der Waals surface area (Å²) in [6, 6.07) is 10.1. The van der Waals surface area contributed by atoms with E-state index in [4.69, 9.17) is 4.74 Å². The molecule has 1 amide bonds. The van der Waals surface area contributed by atoms with Crippen molar-refractivity contribution in [2.24, 2.45) is 0 Å². The first-order chi connectivity index (χ1) is 15.5. The van der Waals surface area contributed by atoms with Crippen molar-refractivity contribution in [3.63, 3.8) is 0 Å². The standard InChI is InChI=1S/C29H42INO3/c1-11-23(34-24-13-12-19(27(2,3)4)16-20(24)28(5,6)7)26(33)31-22-15-18(17-30)14-21(25(22)32)29(8,9)10/h12-16,23,32H,11,17H2,1-10H3,(H,31,33). The van der Waals surface area contributed by atoms with Gasteiger partial charge in [0, 0.05) is 9.99 Å². The first-order valence-corrected chi connectivity index (χ1v) is 13.6. The van der Waals surface area contributed by atoms with Gasteiger partial charge in [-0.25, -0.2) is 0 Å². The highest BCUT2D eigenvalue weighted by Gasteiger charge is 2.28. The molecule has 1 atom stereocenters. The Balaban J connectivity index is 2.40. The van der Waals surface area contributed by atoms with Crippen LogP contribution in [0.4, 0.5) is 5.69 Å².